The monoisotopic (exact) mass is 414 g/mol. The van der Waals surface area contributed by atoms with Gasteiger partial charge in [-0.1, -0.05) is 111 Å². The summed E-state index contributed by atoms with van der Waals surface area (Å²) in [6.45, 7) is 8.54. The normalized spacial score (nSPS) is 11.6. The Labute approximate surface area is 183 Å². The maximum absolute atomic E-state index is 11.9. The molecule has 0 aliphatic rings. The lowest BCUT2D eigenvalue weighted by molar-refractivity contribution is -0.149. The number of rotatable bonds is 20. The van der Waals surface area contributed by atoms with Gasteiger partial charge in [-0.15, -0.1) is 0 Å². The van der Waals surface area contributed by atoms with Gasteiger partial charge in [0.05, 0.1) is 0 Å². The quantitative estimate of drug-likeness (QED) is 0.161. The molecular weight excluding hydrogens is 360 g/mol. The van der Waals surface area contributed by atoms with Crippen LogP contribution in [-0.4, -0.2) is 23.8 Å². The SMILES string of the molecule is CCCCCCCCCCCCCCCC(=O)OC(CC)CCCCC.CCO. The van der Waals surface area contributed by atoms with E-state index in [1.807, 2.05) is 0 Å². The average Bonchev–Trinajstić information content (AvgIpc) is 2.71. The summed E-state index contributed by atoms with van der Waals surface area (Å²) in [6, 6.07) is 0. The Morgan fingerprint density at radius 1 is 0.655 bits per heavy atom. The fraction of sp³-hybridized carbons (Fsp3) is 0.962. The van der Waals surface area contributed by atoms with Crippen LogP contribution in [0.4, 0.5) is 0 Å². The summed E-state index contributed by atoms with van der Waals surface area (Å²) in [5.41, 5.74) is 0. The van der Waals surface area contributed by atoms with E-state index in [2.05, 4.69) is 20.8 Å². The summed E-state index contributed by atoms with van der Waals surface area (Å²) < 4.78 is 5.61. The predicted molar refractivity (Wildman–Crippen MR) is 127 cm³/mol. The molecule has 0 rings (SSSR count). The third-order valence-corrected chi connectivity index (χ3v) is 5.37. The molecule has 0 radical (unpaired) electrons. The molecule has 0 spiro atoms. The molecule has 1 atom stereocenters. The predicted octanol–water partition coefficient (Wildman–Crippen LogP) is 8.37. The lowest BCUT2D eigenvalue weighted by Gasteiger charge is -2.16. The molecule has 3 nitrogen and oxygen atoms in total. The molecule has 0 saturated carbocycles. The number of hydrogen-bond acceptors (Lipinski definition) is 3. The van der Waals surface area contributed by atoms with E-state index < -0.39 is 0 Å². The minimum Gasteiger partial charge on any atom is -0.462 e. The van der Waals surface area contributed by atoms with Crippen molar-refractivity contribution in [2.45, 2.75) is 156 Å². The largest absolute Gasteiger partial charge is 0.462 e. The third kappa shape index (κ3) is 27.4. The van der Waals surface area contributed by atoms with E-state index in [0.717, 1.165) is 19.3 Å². The highest BCUT2D eigenvalue weighted by atomic mass is 16.5. The van der Waals surface area contributed by atoms with Crippen LogP contribution in [0.1, 0.15) is 150 Å². The summed E-state index contributed by atoms with van der Waals surface area (Å²) in [4.78, 5) is 11.9. The second kappa shape index (κ2) is 27.4. The molecule has 0 aliphatic heterocycles. The van der Waals surface area contributed by atoms with Crippen molar-refractivity contribution >= 4 is 5.97 Å². The molecule has 0 amide bonds. The van der Waals surface area contributed by atoms with Gasteiger partial charge in [-0.25, -0.2) is 0 Å². The van der Waals surface area contributed by atoms with Crippen LogP contribution in [0.25, 0.3) is 0 Å². The van der Waals surface area contributed by atoms with Crippen molar-refractivity contribution in [1.82, 2.24) is 0 Å². The molecular formula is C26H54O3. The van der Waals surface area contributed by atoms with Crippen molar-refractivity contribution < 1.29 is 14.6 Å². The van der Waals surface area contributed by atoms with Gasteiger partial charge in [-0.2, -0.15) is 0 Å². The van der Waals surface area contributed by atoms with E-state index in [9.17, 15) is 4.79 Å². The maximum Gasteiger partial charge on any atom is 0.306 e. The first-order valence-corrected chi connectivity index (χ1v) is 13.0. The molecule has 0 heterocycles. The molecule has 0 saturated heterocycles. The van der Waals surface area contributed by atoms with Crippen LogP contribution in [0.15, 0.2) is 0 Å². The summed E-state index contributed by atoms with van der Waals surface area (Å²) >= 11 is 0. The van der Waals surface area contributed by atoms with Crippen LogP contribution in [0, 0.1) is 0 Å². The Balaban J connectivity index is 0. The first-order valence-electron chi connectivity index (χ1n) is 13.0. The first-order chi connectivity index (χ1) is 14.2. The standard InChI is InChI=1S/C24H48O2.C2H6O/c1-4-7-9-10-11-12-13-14-15-16-17-18-20-22-24(25)26-23(6-3)21-19-8-5-2;1-2-3/h23H,4-22H2,1-3H3;3H,2H2,1H3. The second-order valence-electron chi connectivity index (χ2n) is 8.32. The Bertz CT molecular complexity index is 304. The van der Waals surface area contributed by atoms with Gasteiger partial charge in [0.2, 0.25) is 0 Å². The number of aliphatic hydroxyl groups is 1. The van der Waals surface area contributed by atoms with E-state index in [1.54, 1.807) is 6.92 Å². The highest BCUT2D eigenvalue weighted by Crippen LogP contribution is 2.14. The van der Waals surface area contributed by atoms with Gasteiger partial charge in [-0.3, -0.25) is 4.79 Å². The third-order valence-electron chi connectivity index (χ3n) is 5.37. The van der Waals surface area contributed by atoms with Gasteiger partial charge in [0.25, 0.3) is 0 Å². The lowest BCUT2D eigenvalue weighted by atomic mass is 10.0. The van der Waals surface area contributed by atoms with Crippen molar-refractivity contribution in [1.29, 1.82) is 0 Å². The molecule has 0 aliphatic carbocycles. The van der Waals surface area contributed by atoms with E-state index in [-0.39, 0.29) is 18.7 Å². The Morgan fingerprint density at radius 2 is 1.03 bits per heavy atom. The molecule has 1 N–H and O–H groups in total. The van der Waals surface area contributed by atoms with Crippen LogP contribution in [0.2, 0.25) is 0 Å². The zero-order chi connectivity index (χ0) is 22.0. The smallest absolute Gasteiger partial charge is 0.306 e. The minimum atomic E-state index is 0.0245. The van der Waals surface area contributed by atoms with Crippen LogP contribution in [0.5, 0.6) is 0 Å². The topological polar surface area (TPSA) is 46.5 Å². The van der Waals surface area contributed by atoms with Crippen molar-refractivity contribution in [3.63, 3.8) is 0 Å². The van der Waals surface area contributed by atoms with Crippen LogP contribution in [-0.2, 0) is 9.53 Å². The zero-order valence-corrected chi connectivity index (χ0v) is 20.5. The Kier molecular flexibility index (Phi) is 29.0. The number of carbonyl (C=O) groups excluding carboxylic acids is 1. The first kappa shape index (κ1) is 30.6. The highest BCUT2D eigenvalue weighted by molar-refractivity contribution is 5.69. The van der Waals surface area contributed by atoms with E-state index in [1.165, 1.54) is 96.3 Å². The van der Waals surface area contributed by atoms with Gasteiger partial charge in [-0.05, 0) is 32.6 Å². The molecule has 3 heteroatoms. The molecule has 176 valence electrons. The zero-order valence-electron chi connectivity index (χ0n) is 20.5. The summed E-state index contributed by atoms with van der Waals surface area (Å²) in [5.74, 6) is 0.0245. The van der Waals surface area contributed by atoms with Crippen LogP contribution in [0.3, 0.4) is 0 Å². The number of ether oxygens (including phenoxy) is 1. The summed E-state index contributed by atoms with van der Waals surface area (Å²) in [5, 5.41) is 7.57. The summed E-state index contributed by atoms with van der Waals surface area (Å²) in [6.07, 6.45) is 23.8. The molecule has 0 aromatic heterocycles. The highest BCUT2D eigenvalue weighted by Gasteiger charge is 2.11. The fourth-order valence-electron chi connectivity index (χ4n) is 3.50. The van der Waals surface area contributed by atoms with Crippen LogP contribution < -0.4 is 0 Å². The number of aliphatic hydroxyl groups excluding tert-OH is 1. The minimum absolute atomic E-state index is 0.0245. The molecule has 0 bridgehead atoms. The van der Waals surface area contributed by atoms with Gasteiger partial charge in [0, 0.05) is 13.0 Å². The maximum atomic E-state index is 11.9. The Morgan fingerprint density at radius 3 is 1.45 bits per heavy atom. The van der Waals surface area contributed by atoms with Gasteiger partial charge in [0.1, 0.15) is 6.10 Å². The molecule has 0 aromatic carbocycles. The average molecular weight is 415 g/mol. The van der Waals surface area contributed by atoms with Crippen molar-refractivity contribution in [3.05, 3.63) is 0 Å². The van der Waals surface area contributed by atoms with Gasteiger partial charge in [0.15, 0.2) is 0 Å². The van der Waals surface area contributed by atoms with E-state index in [0.29, 0.717) is 6.42 Å². The fourth-order valence-corrected chi connectivity index (χ4v) is 3.50. The molecule has 0 aromatic rings. The Hall–Kier alpha value is -0.570. The number of carbonyl (C=O) groups is 1. The van der Waals surface area contributed by atoms with E-state index in [4.69, 9.17) is 9.84 Å². The molecule has 0 fully saturated rings. The number of esters is 1. The van der Waals surface area contributed by atoms with Crippen molar-refractivity contribution in [2.24, 2.45) is 0 Å². The van der Waals surface area contributed by atoms with E-state index >= 15 is 0 Å². The number of hydrogen-bond donors (Lipinski definition) is 1. The second-order valence-corrected chi connectivity index (χ2v) is 8.32. The summed E-state index contributed by atoms with van der Waals surface area (Å²) in [7, 11) is 0. The molecule has 29 heavy (non-hydrogen) atoms. The lowest BCUT2D eigenvalue weighted by Crippen LogP contribution is -2.17. The van der Waals surface area contributed by atoms with Gasteiger partial charge >= 0.3 is 5.97 Å². The van der Waals surface area contributed by atoms with Gasteiger partial charge < -0.3 is 9.84 Å². The van der Waals surface area contributed by atoms with Crippen LogP contribution >= 0.6 is 0 Å². The molecule has 1 unspecified atom stereocenters. The number of unbranched alkanes of at least 4 members (excludes halogenated alkanes) is 14. The van der Waals surface area contributed by atoms with Crippen molar-refractivity contribution in [3.8, 4) is 0 Å². The van der Waals surface area contributed by atoms with Crippen molar-refractivity contribution in [2.75, 3.05) is 6.61 Å².